The Hall–Kier alpha value is -0.850. The van der Waals surface area contributed by atoms with Crippen molar-refractivity contribution in [1.82, 2.24) is 0 Å². The van der Waals surface area contributed by atoms with Crippen molar-refractivity contribution in [3.63, 3.8) is 0 Å². The van der Waals surface area contributed by atoms with E-state index in [4.69, 9.17) is 9.47 Å². The maximum absolute atomic E-state index is 14.3. The second kappa shape index (κ2) is 8.85. The summed E-state index contributed by atoms with van der Waals surface area (Å²) in [6, 6.07) is 9.73. The van der Waals surface area contributed by atoms with Crippen LogP contribution in [0, 0.1) is 5.82 Å². The van der Waals surface area contributed by atoms with Crippen molar-refractivity contribution in [2.45, 2.75) is 25.5 Å². The summed E-state index contributed by atoms with van der Waals surface area (Å²) in [6.45, 7) is 0.943. The van der Waals surface area contributed by atoms with Crippen molar-refractivity contribution in [3.8, 4) is 11.1 Å². The Morgan fingerprint density at radius 1 is 0.826 bits per heavy atom. The lowest BCUT2D eigenvalue weighted by Gasteiger charge is -2.16. The molecule has 0 bridgehead atoms. The lowest BCUT2D eigenvalue weighted by Crippen LogP contribution is -2.01. The predicted molar refractivity (Wildman–Crippen MR) is 100 cm³/mol. The van der Waals surface area contributed by atoms with E-state index in [1.54, 1.807) is 20.3 Å². The van der Waals surface area contributed by atoms with Gasteiger partial charge in [-0.2, -0.15) is 0 Å². The highest BCUT2D eigenvalue weighted by molar-refractivity contribution is 7.15. The average molecular weight is 352 g/mol. The summed E-state index contributed by atoms with van der Waals surface area (Å²) in [7, 11) is 8.61. The van der Waals surface area contributed by atoms with Crippen molar-refractivity contribution in [3.05, 3.63) is 58.4 Å². The summed E-state index contributed by atoms with van der Waals surface area (Å²) in [6.07, 6.45) is 1.46. The fourth-order valence-electron chi connectivity index (χ4n) is 2.66. The number of halogens is 1. The zero-order chi connectivity index (χ0) is 16.8. The van der Waals surface area contributed by atoms with Crippen LogP contribution in [0.25, 0.3) is 11.1 Å². The molecular formula is C18H23FO2P2. The third-order valence-electron chi connectivity index (χ3n) is 3.79. The molecule has 0 spiro atoms. The van der Waals surface area contributed by atoms with Crippen LogP contribution in [0.15, 0.2) is 30.3 Å². The van der Waals surface area contributed by atoms with Gasteiger partial charge >= 0.3 is 0 Å². The largest absolute Gasteiger partial charge is 0.380 e. The summed E-state index contributed by atoms with van der Waals surface area (Å²) in [5, 5.41) is 0. The van der Waals surface area contributed by atoms with Crippen molar-refractivity contribution in [2.75, 3.05) is 14.2 Å². The van der Waals surface area contributed by atoms with Gasteiger partial charge in [-0.25, -0.2) is 4.39 Å². The normalized spacial score (nSPS) is 11.0. The first-order valence-electron chi connectivity index (χ1n) is 7.46. The van der Waals surface area contributed by atoms with Gasteiger partial charge in [0.15, 0.2) is 0 Å². The molecule has 2 rings (SSSR count). The van der Waals surface area contributed by atoms with E-state index in [2.05, 4.69) is 30.6 Å². The van der Waals surface area contributed by atoms with Gasteiger partial charge in [-0.1, -0.05) is 18.2 Å². The van der Waals surface area contributed by atoms with Gasteiger partial charge in [-0.3, -0.25) is 0 Å². The minimum absolute atomic E-state index is 0.187. The molecule has 2 nitrogen and oxygen atoms in total. The molecule has 0 radical (unpaired) electrons. The maximum Gasteiger partial charge on any atom is 0.127 e. The molecule has 2 aromatic rings. The van der Waals surface area contributed by atoms with E-state index >= 15 is 0 Å². The highest BCUT2D eigenvalue weighted by atomic mass is 31.0. The molecule has 2 aromatic carbocycles. The van der Waals surface area contributed by atoms with E-state index in [-0.39, 0.29) is 5.82 Å². The van der Waals surface area contributed by atoms with E-state index in [9.17, 15) is 4.39 Å². The molecule has 0 aromatic heterocycles. The van der Waals surface area contributed by atoms with Gasteiger partial charge in [0.2, 0.25) is 0 Å². The molecule has 0 saturated heterocycles. The van der Waals surface area contributed by atoms with Gasteiger partial charge < -0.3 is 9.47 Å². The molecule has 2 unspecified atom stereocenters. The van der Waals surface area contributed by atoms with Crippen LogP contribution in [0.2, 0.25) is 0 Å². The lowest BCUT2D eigenvalue weighted by atomic mass is 9.93. The molecule has 0 amide bonds. The number of methoxy groups -OCH3 is 2. The van der Waals surface area contributed by atoms with Crippen LogP contribution >= 0.6 is 18.5 Å². The second-order valence-electron chi connectivity index (χ2n) is 5.37. The fraction of sp³-hybridized carbons (Fsp3) is 0.333. The van der Waals surface area contributed by atoms with Crippen LogP contribution in [0.3, 0.4) is 0 Å². The fourth-order valence-corrected chi connectivity index (χ4v) is 3.23. The first-order chi connectivity index (χ1) is 11.1. The summed E-state index contributed by atoms with van der Waals surface area (Å²) in [5.41, 5.74) is 5.80. The molecule has 124 valence electrons. The van der Waals surface area contributed by atoms with Crippen LogP contribution in [0.1, 0.15) is 22.3 Å². The van der Waals surface area contributed by atoms with Crippen LogP contribution in [0.4, 0.5) is 4.39 Å². The third-order valence-corrected chi connectivity index (χ3v) is 4.70. The zero-order valence-corrected chi connectivity index (χ0v) is 15.9. The van der Waals surface area contributed by atoms with Gasteiger partial charge in [-0.05, 0) is 57.8 Å². The van der Waals surface area contributed by atoms with Gasteiger partial charge in [-0.15, -0.1) is 18.5 Å². The van der Waals surface area contributed by atoms with Crippen molar-refractivity contribution < 1.29 is 13.9 Å². The molecule has 0 N–H and O–H groups in total. The molecule has 0 aliphatic carbocycles. The molecule has 23 heavy (non-hydrogen) atoms. The zero-order valence-electron chi connectivity index (χ0n) is 13.6. The average Bonchev–Trinajstić information content (AvgIpc) is 2.56. The Morgan fingerprint density at radius 2 is 1.48 bits per heavy atom. The maximum atomic E-state index is 14.3. The van der Waals surface area contributed by atoms with Gasteiger partial charge in [0.25, 0.3) is 0 Å². The lowest BCUT2D eigenvalue weighted by molar-refractivity contribution is 0.184. The Balaban J connectivity index is 2.62. The molecule has 0 saturated carbocycles. The van der Waals surface area contributed by atoms with Gasteiger partial charge in [0.05, 0.1) is 13.2 Å². The highest BCUT2D eigenvalue weighted by Gasteiger charge is 2.14. The molecule has 2 atom stereocenters. The summed E-state index contributed by atoms with van der Waals surface area (Å²) >= 11 is 0. The monoisotopic (exact) mass is 352 g/mol. The van der Waals surface area contributed by atoms with E-state index in [1.807, 2.05) is 12.1 Å². The third kappa shape index (κ3) is 4.37. The van der Waals surface area contributed by atoms with Crippen LogP contribution < -0.4 is 0 Å². The second-order valence-corrected chi connectivity index (χ2v) is 6.18. The highest BCUT2D eigenvalue weighted by Crippen LogP contribution is 2.32. The number of benzene rings is 2. The number of rotatable bonds is 7. The molecule has 0 fully saturated rings. The molecule has 5 heteroatoms. The van der Waals surface area contributed by atoms with E-state index < -0.39 is 0 Å². The molecule has 0 heterocycles. The van der Waals surface area contributed by atoms with Gasteiger partial charge in [0, 0.05) is 14.2 Å². The van der Waals surface area contributed by atoms with Crippen LogP contribution in [0.5, 0.6) is 0 Å². The smallest absolute Gasteiger partial charge is 0.127 e. The van der Waals surface area contributed by atoms with E-state index in [1.165, 1.54) is 5.56 Å². The van der Waals surface area contributed by atoms with E-state index in [0.717, 1.165) is 28.4 Å². The Bertz CT molecular complexity index is 674. The standard InChI is InChI=1S/C18H23FO2P2/c1-20-8-13-5-12(10-22)3-4-16(13)17-7-18(19)15(11-23)6-14(17)9-21-2/h3-7H,8-11,22-23H2,1-2H3. The first-order valence-corrected chi connectivity index (χ1v) is 9.09. The van der Waals surface area contributed by atoms with Crippen LogP contribution in [-0.4, -0.2) is 14.2 Å². The summed E-state index contributed by atoms with van der Waals surface area (Å²) < 4.78 is 25.0. The van der Waals surface area contributed by atoms with Crippen molar-refractivity contribution in [1.29, 1.82) is 0 Å². The molecular weight excluding hydrogens is 329 g/mol. The van der Waals surface area contributed by atoms with Crippen molar-refractivity contribution >= 4 is 18.5 Å². The Kier molecular flexibility index (Phi) is 7.11. The first kappa shape index (κ1) is 18.5. The topological polar surface area (TPSA) is 18.5 Å². The molecule has 0 aliphatic heterocycles. The predicted octanol–water partition coefficient (Wildman–Crippen LogP) is 4.54. The Morgan fingerprint density at radius 3 is 2.04 bits per heavy atom. The number of hydrogen-bond donors (Lipinski definition) is 0. The number of ether oxygens (including phenoxy) is 2. The minimum atomic E-state index is -0.187. The Labute approximate surface area is 142 Å². The minimum Gasteiger partial charge on any atom is -0.380 e. The van der Waals surface area contributed by atoms with Gasteiger partial charge in [0.1, 0.15) is 5.82 Å². The number of hydrogen-bond acceptors (Lipinski definition) is 2. The quantitative estimate of drug-likeness (QED) is 0.682. The van der Waals surface area contributed by atoms with E-state index in [0.29, 0.717) is 24.9 Å². The SMILES string of the molecule is COCc1cc(CP)ccc1-c1cc(F)c(CP)cc1COC. The van der Waals surface area contributed by atoms with Crippen molar-refractivity contribution in [2.24, 2.45) is 0 Å². The molecule has 0 aliphatic rings. The summed E-state index contributed by atoms with van der Waals surface area (Å²) in [4.78, 5) is 0. The summed E-state index contributed by atoms with van der Waals surface area (Å²) in [5.74, 6) is -0.187. The van der Waals surface area contributed by atoms with Crippen LogP contribution in [-0.2, 0) is 35.0 Å².